The molecule has 0 spiro atoms. The Hall–Kier alpha value is -2.82. The lowest BCUT2D eigenvalue weighted by molar-refractivity contribution is -0.161. The first-order chi connectivity index (χ1) is 28.1. The number of hydrogen-bond acceptors (Lipinski definition) is 9. The number of carboxylic acid groups (broad SMARTS) is 1. The van der Waals surface area contributed by atoms with E-state index in [2.05, 4.69) is 79.1 Å². The van der Waals surface area contributed by atoms with Gasteiger partial charge in [0.15, 0.2) is 6.10 Å². The first-order valence-electron chi connectivity index (χ1n) is 22.3. The van der Waals surface area contributed by atoms with E-state index in [1.165, 1.54) is 83.5 Å². The van der Waals surface area contributed by atoms with Crippen molar-refractivity contribution in [2.45, 2.75) is 193 Å². The SMILES string of the molecule is CCCCC/C=C/C/C=C/C/C=C/C/C=C/CCCCCC(=O)OC[C@H](COP(=O)(O)OC[C@H](N)C(=O)O)OC(=O)CCCC/C=C/CCCCCCCCCCC. The van der Waals surface area contributed by atoms with Crippen LogP contribution in [-0.2, 0) is 37.5 Å². The van der Waals surface area contributed by atoms with Gasteiger partial charge in [-0.05, 0) is 83.5 Å². The van der Waals surface area contributed by atoms with Crippen LogP contribution in [0.4, 0.5) is 0 Å². The predicted molar refractivity (Wildman–Crippen MR) is 235 cm³/mol. The van der Waals surface area contributed by atoms with Crippen molar-refractivity contribution in [2.24, 2.45) is 5.73 Å². The Balaban J connectivity index is 4.44. The number of esters is 2. The molecule has 11 nitrogen and oxygen atoms in total. The first-order valence-corrected chi connectivity index (χ1v) is 23.8. The highest BCUT2D eigenvalue weighted by atomic mass is 31.2. The van der Waals surface area contributed by atoms with Gasteiger partial charge in [0.05, 0.1) is 13.2 Å². The molecule has 0 saturated heterocycles. The third-order valence-electron chi connectivity index (χ3n) is 9.24. The Labute approximate surface area is 351 Å². The molecule has 0 aliphatic rings. The largest absolute Gasteiger partial charge is 0.480 e. The number of carbonyl (C=O) groups is 3. The quantitative estimate of drug-likeness (QED) is 0.0231. The molecule has 4 N–H and O–H groups in total. The minimum atomic E-state index is -4.73. The highest BCUT2D eigenvalue weighted by Crippen LogP contribution is 2.43. The third-order valence-corrected chi connectivity index (χ3v) is 10.2. The van der Waals surface area contributed by atoms with Crippen molar-refractivity contribution in [3.63, 3.8) is 0 Å². The zero-order valence-electron chi connectivity index (χ0n) is 36.1. The van der Waals surface area contributed by atoms with Crippen LogP contribution in [0.5, 0.6) is 0 Å². The number of unbranched alkanes of at least 4 members (excludes halogenated alkanes) is 17. The molecule has 0 amide bonds. The van der Waals surface area contributed by atoms with E-state index < -0.39 is 51.1 Å². The van der Waals surface area contributed by atoms with E-state index in [4.69, 9.17) is 24.8 Å². The summed E-state index contributed by atoms with van der Waals surface area (Å²) >= 11 is 0. The van der Waals surface area contributed by atoms with E-state index in [1.807, 2.05) is 0 Å². The first kappa shape index (κ1) is 55.2. The number of phosphoric acid groups is 1. The molecule has 0 bridgehead atoms. The summed E-state index contributed by atoms with van der Waals surface area (Å²) in [6.07, 6.45) is 47.1. The van der Waals surface area contributed by atoms with Crippen molar-refractivity contribution in [3.05, 3.63) is 60.8 Å². The molecular weight excluding hydrogens is 757 g/mol. The van der Waals surface area contributed by atoms with E-state index in [0.29, 0.717) is 12.8 Å². The average Bonchev–Trinajstić information content (AvgIpc) is 3.20. The van der Waals surface area contributed by atoms with E-state index >= 15 is 0 Å². The number of phosphoric ester groups is 1. The smallest absolute Gasteiger partial charge is 0.472 e. The van der Waals surface area contributed by atoms with Gasteiger partial charge in [0, 0.05) is 12.8 Å². The molecule has 0 rings (SSSR count). The van der Waals surface area contributed by atoms with Crippen LogP contribution in [0.25, 0.3) is 0 Å². The Bertz CT molecular complexity index is 1210. The van der Waals surface area contributed by atoms with Crippen molar-refractivity contribution < 1.29 is 47.5 Å². The van der Waals surface area contributed by atoms with Gasteiger partial charge >= 0.3 is 25.7 Å². The molecular formula is C46H80NO10P. The highest BCUT2D eigenvalue weighted by molar-refractivity contribution is 7.47. The van der Waals surface area contributed by atoms with E-state index in [-0.39, 0.29) is 19.4 Å². The molecule has 334 valence electrons. The zero-order valence-corrected chi connectivity index (χ0v) is 37.0. The highest BCUT2D eigenvalue weighted by Gasteiger charge is 2.28. The van der Waals surface area contributed by atoms with E-state index in [0.717, 1.165) is 57.8 Å². The number of nitrogens with two attached hydrogens (primary N) is 1. The maximum atomic E-state index is 12.6. The van der Waals surface area contributed by atoms with Gasteiger partial charge < -0.3 is 25.2 Å². The second-order valence-electron chi connectivity index (χ2n) is 14.8. The topological polar surface area (TPSA) is 172 Å². The van der Waals surface area contributed by atoms with Crippen LogP contribution < -0.4 is 5.73 Å². The van der Waals surface area contributed by atoms with Gasteiger partial charge in [-0.1, -0.05) is 145 Å². The summed E-state index contributed by atoms with van der Waals surface area (Å²) in [5.41, 5.74) is 5.33. The number of aliphatic carboxylic acids is 1. The molecule has 0 aliphatic heterocycles. The summed E-state index contributed by atoms with van der Waals surface area (Å²) in [6, 6.07) is -1.53. The lowest BCUT2D eigenvalue weighted by Crippen LogP contribution is -2.34. The van der Waals surface area contributed by atoms with Gasteiger partial charge in [0.2, 0.25) is 0 Å². The summed E-state index contributed by atoms with van der Waals surface area (Å²) in [5.74, 6) is -2.45. The summed E-state index contributed by atoms with van der Waals surface area (Å²) < 4.78 is 32.6. The normalized spacial score (nSPS) is 14.3. The summed E-state index contributed by atoms with van der Waals surface area (Å²) in [5, 5.41) is 8.89. The van der Waals surface area contributed by atoms with Crippen molar-refractivity contribution in [1.82, 2.24) is 0 Å². The van der Waals surface area contributed by atoms with Crippen LogP contribution in [0.3, 0.4) is 0 Å². The van der Waals surface area contributed by atoms with E-state index in [1.54, 1.807) is 0 Å². The molecule has 12 heteroatoms. The summed E-state index contributed by atoms with van der Waals surface area (Å²) in [7, 11) is -4.73. The Morgan fingerprint density at radius 1 is 0.534 bits per heavy atom. The fourth-order valence-corrected chi connectivity index (χ4v) is 6.47. The van der Waals surface area contributed by atoms with Crippen molar-refractivity contribution in [3.8, 4) is 0 Å². The number of carboxylic acids is 1. The molecule has 0 heterocycles. The van der Waals surface area contributed by atoms with Crippen LogP contribution in [0.1, 0.15) is 181 Å². The molecule has 0 aliphatic carbocycles. The van der Waals surface area contributed by atoms with Gasteiger partial charge in [-0.25, -0.2) is 4.57 Å². The Morgan fingerprint density at radius 2 is 0.914 bits per heavy atom. The molecule has 0 saturated carbocycles. The van der Waals surface area contributed by atoms with Crippen molar-refractivity contribution >= 4 is 25.7 Å². The molecule has 0 aromatic carbocycles. The Morgan fingerprint density at radius 3 is 1.45 bits per heavy atom. The molecule has 0 aromatic heterocycles. The Kier molecular flexibility index (Phi) is 38.9. The van der Waals surface area contributed by atoms with E-state index in [9.17, 15) is 23.8 Å². The number of carbonyl (C=O) groups excluding carboxylic acids is 2. The van der Waals surface area contributed by atoms with Gasteiger partial charge in [0.25, 0.3) is 0 Å². The number of hydrogen-bond donors (Lipinski definition) is 3. The number of ether oxygens (including phenoxy) is 2. The summed E-state index contributed by atoms with van der Waals surface area (Å²) in [4.78, 5) is 46.0. The van der Waals surface area contributed by atoms with Crippen LogP contribution in [0.2, 0.25) is 0 Å². The fraction of sp³-hybridized carbons (Fsp3) is 0.717. The second-order valence-corrected chi connectivity index (χ2v) is 16.3. The fourth-order valence-electron chi connectivity index (χ4n) is 5.69. The maximum absolute atomic E-state index is 12.6. The second kappa shape index (κ2) is 40.9. The predicted octanol–water partition coefficient (Wildman–Crippen LogP) is 12.0. The van der Waals surface area contributed by atoms with Crippen LogP contribution >= 0.6 is 7.82 Å². The summed E-state index contributed by atoms with van der Waals surface area (Å²) in [6.45, 7) is 2.72. The van der Waals surface area contributed by atoms with Gasteiger partial charge in [-0.3, -0.25) is 23.4 Å². The average molecular weight is 838 g/mol. The maximum Gasteiger partial charge on any atom is 0.472 e. The van der Waals surface area contributed by atoms with Gasteiger partial charge in [-0.15, -0.1) is 0 Å². The zero-order chi connectivity index (χ0) is 42.8. The lowest BCUT2D eigenvalue weighted by atomic mass is 10.1. The van der Waals surface area contributed by atoms with Crippen LogP contribution in [0.15, 0.2) is 60.8 Å². The van der Waals surface area contributed by atoms with Crippen LogP contribution in [-0.4, -0.2) is 59.9 Å². The minimum absolute atomic E-state index is 0.122. The van der Waals surface area contributed by atoms with Crippen molar-refractivity contribution in [1.29, 1.82) is 0 Å². The van der Waals surface area contributed by atoms with Gasteiger partial charge in [0.1, 0.15) is 12.6 Å². The lowest BCUT2D eigenvalue weighted by Gasteiger charge is -2.20. The molecule has 0 fully saturated rings. The van der Waals surface area contributed by atoms with Gasteiger partial charge in [-0.2, -0.15) is 0 Å². The molecule has 3 atom stereocenters. The molecule has 0 aromatic rings. The molecule has 0 radical (unpaired) electrons. The third kappa shape index (κ3) is 40.0. The molecule has 58 heavy (non-hydrogen) atoms. The number of rotatable bonds is 41. The molecule has 1 unspecified atom stereocenters. The van der Waals surface area contributed by atoms with Crippen LogP contribution in [0, 0.1) is 0 Å². The number of allylic oxidation sites excluding steroid dienone is 10. The monoisotopic (exact) mass is 838 g/mol. The minimum Gasteiger partial charge on any atom is -0.480 e. The standard InChI is InChI=1S/C46H80NO10P/c1-3-5-7-9-11-13-15-17-19-20-21-22-24-25-27-29-31-33-35-37-44(48)54-39-42(40-55-58(52,53)56-41-43(47)46(50)51)57-45(49)38-36-34-32-30-28-26-23-18-16-14-12-10-8-6-4-2/h11,13,17,19,21-22,25,27-28,30,42-43H,3-10,12,14-16,18,20,23-24,26,29,31-41,47H2,1-2H3,(H,50,51)(H,52,53)/b13-11+,19-17+,22-21+,27-25+,30-28+/t42-,43+/m1/s1. The van der Waals surface area contributed by atoms with Crippen molar-refractivity contribution in [2.75, 3.05) is 19.8 Å².